The Morgan fingerprint density at radius 2 is 2.22 bits per heavy atom. The van der Waals surface area contributed by atoms with Crippen LogP contribution >= 0.6 is 11.3 Å². The third-order valence-electron chi connectivity index (χ3n) is 3.41. The monoisotopic (exact) mass is 333 g/mol. The van der Waals surface area contributed by atoms with Crippen LogP contribution in [0.15, 0.2) is 33.3 Å². The molecule has 3 aromatic rings. The molecule has 0 fully saturated rings. The van der Waals surface area contributed by atoms with Crippen molar-refractivity contribution in [2.24, 2.45) is 0 Å². The zero-order valence-electron chi connectivity index (χ0n) is 12.4. The molecule has 0 aliphatic carbocycles. The molecule has 2 N–H and O–H groups in total. The molecule has 3 aromatic heterocycles. The third-order valence-corrected chi connectivity index (χ3v) is 4.31. The Labute approximate surface area is 134 Å². The SMILES string of the molecule is CCn1ccc(C(=O)NCCn2c(=O)[nH]c3ccsc3c2=O)n1. The molecule has 0 bridgehead atoms. The molecule has 1 amide bonds. The van der Waals surface area contributed by atoms with E-state index in [9.17, 15) is 14.4 Å². The lowest BCUT2D eigenvalue weighted by Gasteiger charge is -2.06. The van der Waals surface area contributed by atoms with E-state index in [-0.39, 0.29) is 24.6 Å². The van der Waals surface area contributed by atoms with Crippen LogP contribution in [0.1, 0.15) is 17.4 Å². The van der Waals surface area contributed by atoms with E-state index in [1.54, 1.807) is 28.4 Å². The van der Waals surface area contributed by atoms with Gasteiger partial charge in [0.05, 0.1) is 5.52 Å². The summed E-state index contributed by atoms with van der Waals surface area (Å²) in [6.07, 6.45) is 1.72. The Bertz CT molecular complexity index is 965. The topological polar surface area (TPSA) is 102 Å². The molecular formula is C14H15N5O3S. The highest BCUT2D eigenvalue weighted by molar-refractivity contribution is 7.17. The van der Waals surface area contributed by atoms with Crippen molar-refractivity contribution in [1.29, 1.82) is 0 Å². The van der Waals surface area contributed by atoms with Gasteiger partial charge in [-0.15, -0.1) is 11.3 Å². The van der Waals surface area contributed by atoms with E-state index in [0.29, 0.717) is 22.5 Å². The number of H-pyrrole nitrogens is 1. The van der Waals surface area contributed by atoms with Crippen LogP contribution in [-0.4, -0.2) is 31.8 Å². The first kappa shape index (κ1) is 15.2. The van der Waals surface area contributed by atoms with Crippen LogP contribution in [0.4, 0.5) is 0 Å². The first-order valence-corrected chi connectivity index (χ1v) is 8.00. The quantitative estimate of drug-likeness (QED) is 0.705. The summed E-state index contributed by atoms with van der Waals surface area (Å²) < 4.78 is 3.23. The molecule has 0 radical (unpaired) electrons. The molecule has 0 aromatic carbocycles. The predicted octanol–water partition coefficient (Wildman–Crippen LogP) is 0.398. The highest BCUT2D eigenvalue weighted by Gasteiger charge is 2.11. The minimum atomic E-state index is -0.481. The largest absolute Gasteiger partial charge is 0.349 e. The lowest BCUT2D eigenvalue weighted by Crippen LogP contribution is -2.38. The minimum absolute atomic E-state index is 0.0994. The first-order valence-electron chi connectivity index (χ1n) is 7.12. The third kappa shape index (κ3) is 2.95. The Balaban J connectivity index is 1.70. The van der Waals surface area contributed by atoms with Crippen LogP contribution in [-0.2, 0) is 13.1 Å². The second-order valence-electron chi connectivity index (χ2n) is 4.86. The van der Waals surface area contributed by atoms with Crippen molar-refractivity contribution in [3.8, 4) is 0 Å². The van der Waals surface area contributed by atoms with Gasteiger partial charge in [0.1, 0.15) is 10.4 Å². The molecule has 3 rings (SSSR count). The van der Waals surface area contributed by atoms with Crippen molar-refractivity contribution >= 4 is 27.5 Å². The van der Waals surface area contributed by atoms with Crippen molar-refractivity contribution in [2.75, 3.05) is 6.54 Å². The summed E-state index contributed by atoms with van der Waals surface area (Å²) >= 11 is 1.28. The number of aryl methyl sites for hydroxylation is 1. The number of hydrogen-bond donors (Lipinski definition) is 2. The fraction of sp³-hybridized carbons (Fsp3) is 0.286. The van der Waals surface area contributed by atoms with E-state index >= 15 is 0 Å². The van der Waals surface area contributed by atoms with E-state index in [1.165, 1.54) is 11.3 Å². The molecule has 8 nitrogen and oxygen atoms in total. The second-order valence-corrected chi connectivity index (χ2v) is 5.78. The molecule has 0 atom stereocenters. The summed E-state index contributed by atoms with van der Waals surface area (Å²) in [7, 11) is 0. The van der Waals surface area contributed by atoms with Gasteiger partial charge in [0.15, 0.2) is 0 Å². The number of thiophene rings is 1. The molecule has 120 valence electrons. The van der Waals surface area contributed by atoms with Crippen molar-refractivity contribution in [2.45, 2.75) is 20.0 Å². The number of hydrogen-bond acceptors (Lipinski definition) is 5. The number of aromatic nitrogens is 4. The summed E-state index contributed by atoms with van der Waals surface area (Å²) in [5.41, 5.74) is 0.0193. The smallest absolute Gasteiger partial charge is 0.328 e. The van der Waals surface area contributed by atoms with E-state index in [4.69, 9.17) is 0 Å². The van der Waals surface area contributed by atoms with Gasteiger partial charge in [-0.1, -0.05) is 0 Å². The van der Waals surface area contributed by atoms with Crippen LogP contribution in [0.5, 0.6) is 0 Å². The lowest BCUT2D eigenvalue weighted by atomic mass is 10.4. The van der Waals surface area contributed by atoms with Crippen LogP contribution < -0.4 is 16.6 Å². The van der Waals surface area contributed by atoms with Crippen LogP contribution in [0.2, 0.25) is 0 Å². The molecular weight excluding hydrogens is 318 g/mol. The van der Waals surface area contributed by atoms with E-state index in [1.807, 2.05) is 6.92 Å². The number of carbonyl (C=O) groups is 1. The van der Waals surface area contributed by atoms with Gasteiger partial charge in [-0.05, 0) is 24.4 Å². The maximum absolute atomic E-state index is 12.2. The van der Waals surface area contributed by atoms with Crippen molar-refractivity contribution in [3.63, 3.8) is 0 Å². The Morgan fingerprint density at radius 3 is 2.96 bits per heavy atom. The summed E-state index contributed by atoms with van der Waals surface area (Å²) in [6, 6.07) is 3.31. The fourth-order valence-corrected chi connectivity index (χ4v) is 3.00. The summed E-state index contributed by atoms with van der Waals surface area (Å²) in [6.45, 7) is 2.87. The molecule has 0 aliphatic heterocycles. The first-order chi connectivity index (χ1) is 11.1. The standard InChI is InChI=1S/C14H15N5O3S/c1-2-18-6-3-10(17-18)12(20)15-5-7-19-13(21)11-9(4-8-23-11)16-14(19)22/h3-4,6,8H,2,5,7H2,1H3,(H,15,20)(H,16,22). The number of amides is 1. The molecule has 3 heterocycles. The van der Waals surface area contributed by atoms with Gasteiger partial charge in [0.25, 0.3) is 11.5 Å². The molecule has 0 saturated carbocycles. The molecule has 0 unspecified atom stereocenters. The second kappa shape index (κ2) is 6.21. The minimum Gasteiger partial charge on any atom is -0.349 e. The Kier molecular flexibility index (Phi) is 4.11. The van der Waals surface area contributed by atoms with Gasteiger partial charge in [0, 0.05) is 25.8 Å². The highest BCUT2D eigenvalue weighted by Crippen LogP contribution is 2.11. The maximum Gasteiger partial charge on any atom is 0.328 e. The van der Waals surface area contributed by atoms with E-state index in [2.05, 4.69) is 15.4 Å². The molecule has 0 saturated heterocycles. The van der Waals surface area contributed by atoms with Gasteiger partial charge in [-0.3, -0.25) is 18.8 Å². The van der Waals surface area contributed by atoms with Gasteiger partial charge >= 0.3 is 5.69 Å². The zero-order chi connectivity index (χ0) is 16.4. The van der Waals surface area contributed by atoms with Crippen molar-refractivity contribution < 1.29 is 4.79 Å². The molecule has 9 heteroatoms. The van der Waals surface area contributed by atoms with Crippen LogP contribution in [0.25, 0.3) is 10.2 Å². The summed E-state index contributed by atoms with van der Waals surface area (Å²) in [5, 5.41) is 8.50. The Hall–Kier alpha value is -2.68. The number of nitrogens with zero attached hydrogens (tertiary/aromatic N) is 3. The number of fused-ring (bicyclic) bond motifs is 1. The lowest BCUT2D eigenvalue weighted by molar-refractivity contribution is 0.0946. The van der Waals surface area contributed by atoms with Gasteiger partial charge < -0.3 is 10.3 Å². The van der Waals surface area contributed by atoms with Gasteiger partial charge in [0.2, 0.25) is 0 Å². The molecule has 0 aliphatic rings. The average Bonchev–Trinajstić information content (AvgIpc) is 3.18. The zero-order valence-corrected chi connectivity index (χ0v) is 13.2. The summed E-state index contributed by atoms with van der Waals surface area (Å²) in [4.78, 5) is 38.7. The Morgan fingerprint density at radius 1 is 1.39 bits per heavy atom. The van der Waals surface area contributed by atoms with E-state index in [0.717, 1.165) is 4.57 Å². The number of carbonyl (C=O) groups excluding carboxylic acids is 1. The molecule has 0 spiro atoms. The van der Waals surface area contributed by atoms with Crippen molar-refractivity contribution in [3.05, 3.63) is 50.2 Å². The molecule has 23 heavy (non-hydrogen) atoms. The van der Waals surface area contributed by atoms with Crippen LogP contribution in [0, 0.1) is 0 Å². The highest BCUT2D eigenvalue weighted by atomic mass is 32.1. The van der Waals surface area contributed by atoms with Crippen LogP contribution in [0.3, 0.4) is 0 Å². The van der Waals surface area contributed by atoms with Gasteiger partial charge in [-0.25, -0.2) is 4.79 Å². The fourth-order valence-electron chi connectivity index (χ4n) is 2.20. The van der Waals surface area contributed by atoms with Crippen molar-refractivity contribution in [1.82, 2.24) is 24.6 Å². The summed E-state index contributed by atoms with van der Waals surface area (Å²) in [5.74, 6) is -0.334. The maximum atomic E-state index is 12.2. The number of nitrogens with one attached hydrogen (secondary N) is 2. The number of rotatable bonds is 5. The predicted molar refractivity (Wildman–Crippen MR) is 86.9 cm³/mol. The number of aromatic amines is 1. The van der Waals surface area contributed by atoms with E-state index < -0.39 is 5.69 Å². The average molecular weight is 333 g/mol. The normalized spacial score (nSPS) is 11.0. The van der Waals surface area contributed by atoms with Gasteiger partial charge in [-0.2, -0.15) is 5.10 Å².